The lowest BCUT2D eigenvalue weighted by molar-refractivity contribution is 0.122. The zero-order valence-corrected chi connectivity index (χ0v) is 15.8. The first-order valence-electron chi connectivity index (χ1n) is 8.62. The number of aromatic nitrogens is 2. The van der Waals surface area contributed by atoms with Crippen molar-refractivity contribution in [2.75, 3.05) is 49.6 Å². The fourth-order valence-corrected chi connectivity index (χ4v) is 3.79. The highest BCUT2D eigenvalue weighted by atomic mass is 32.2. The lowest BCUT2D eigenvalue weighted by Gasteiger charge is -2.28. The van der Waals surface area contributed by atoms with Gasteiger partial charge in [0.25, 0.3) is 0 Å². The number of halogens is 1. The highest BCUT2D eigenvalue weighted by Crippen LogP contribution is 2.16. The summed E-state index contributed by atoms with van der Waals surface area (Å²) in [6.07, 6.45) is 0. The average Bonchev–Trinajstić information content (AvgIpc) is 2.66. The SMILES string of the molecule is Cc1cc(N2CCOCC2)nc(NCCNS(=O)(=O)c2ccccc2F)n1. The van der Waals surface area contributed by atoms with Crippen molar-refractivity contribution in [1.82, 2.24) is 14.7 Å². The molecule has 2 N–H and O–H groups in total. The molecule has 146 valence electrons. The van der Waals surface area contributed by atoms with Crippen molar-refractivity contribution in [3.8, 4) is 0 Å². The lowest BCUT2D eigenvalue weighted by Crippen LogP contribution is -2.37. The van der Waals surface area contributed by atoms with E-state index in [2.05, 4.69) is 24.9 Å². The van der Waals surface area contributed by atoms with E-state index in [0.29, 0.717) is 19.2 Å². The van der Waals surface area contributed by atoms with Gasteiger partial charge in [0.2, 0.25) is 16.0 Å². The number of hydrogen-bond donors (Lipinski definition) is 2. The Labute approximate surface area is 157 Å². The third-order valence-corrected chi connectivity index (χ3v) is 5.50. The number of rotatable bonds is 7. The molecule has 1 aromatic heterocycles. The monoisotopic (exact) mass is 395 g/mol. The molecule has 0 bridgehead atoms. The second kappa shape index (κ2) is 8.59. The highest BCUT2D eigenvalue weighted by molar-refractivity contribution is 7.89. The second-order valence-corrected chi connectivity index (χ2v) is 7.78. The number of nitrogens with one attached hydrogen (secondary N) is 2. The molecule has 1 aliphatic rings. The number of benzene rings is 1. The summed E-state index contributed by atoms with van der Waals surface area (Å²) >= 11 is 0. The summed E-state index contributed by atoms with van der Waals surface area (Å²) in [4.78, 5) is 10.5. The molecule has 0 unspecified atom stereocenters. The smallest absolute Gasteiger partial charge is 0.243 e. The fraction of sp³-hybridized carbons (Fsp3) is 0.412. The summed E-state index contributed by atoms with van der Waals surface area (Å²) in [5.41, 5.74) is 0.806. The van der Waals surface area contributed by atoms with Gasteiger partial charge in [0.15, 0.2) is 0 Å². The van der Waals surface area contributed by atoms with E-state index in [1.54, 1.807) is 0 Å². The van der Waals surface area contributed by atoms with Crippen molar-refractivity contribution < 1.29 is 17.5 Å². The predicted molar refractivity (Wildman–Crippen MR) is 99.9 cm³/mol. The molecule has 10 heteroatoms. The molecular weight excluding hydrogens is 373 g/mol. The van der Waals surface area contributed by atoms with Crippen LogP contribution in [0.1, 0.15) is 5.69 Å². The van der Waals surface area contributed by atoms with E-state index in [0.717, 1.165) is 30.7 Å². The van der Waals surface area contributed by atoms with Gasteiger partial charge >= 0.3 is 0 Å². The Morgan fingerprint density at radius 1 is 1.19 bits per heavy atom. The minimum atomic E-state index is -3.91. The maximum atomic E-state index is 13.7. The number of morpholine rings is 1. The normalized spacial score (nSPS) is 15.0. The number of aryl methyl sites for hydroxylation is 1. The topological polar surface area (TPSA) is 96.5 Å². The van der Waals surface area contributed by atoms with Gasteiger partial charge < -0.3 is 15.0 Å². The van der Waals surface area contributed by atoms with Gasteiger partial charge in [0.05, 0.1) is 13.2 Å². The van der Waals surface area contributed by atoms with Crippen LogP contribution in [0.25, 0.3) is 0 Å². The maximum absolute atomic E-state index is 13.7. The molecular formula is C17H22FN5O3S. The number of anilines is 2. The molecule has 0 radical (unpaired) electrons. The minimum Gasteiger partial charge on any atom is -0.378 e. The van der Waals surface area contributed by atoms with E-state index in [9.17, 15) is 12.8 Å². The summed E-state index contributed by atoms with van der Waals surface area (Å²) < 4.78 is 45.7. The summed E-state index contributed by atoms with van der Waals surface area (Å²) in [7, 11) is -3.91. The summed E-state index contributed by atoms with van der Waals surface area (Å²) in [6, 6.07) is 7.15. The van der Waals surface area contributed by atoms with Gasteiger partial charge in [-0.2, -0.15) is 4.98 Å². The quantitative estimate of drug-likeness (QED) is 0.679. The van der Waals surface area contributed by atoms with Crippen LogP contribution in [0.2, 0.25) is 0 Å². The van der Waals surface area contributed by atoms with E-state index < -0.39 is 15.8 Å². The Bertz CT molecular complexity index is 888. The molecule has 1 aromatic carbocycles. The van der Waals surface area contributed by atoms with Crippen LogP contribution in [0, 0.1) is 12.7 Å². The van der Waals surface area contributed by atoms with Crippen LogP contribution >= 0.6 is 0 Å². The predicted octanol–water partition coefficient (Wildman–Crippen LogP) is 1.15. The third kappa shape index (κ3) is 5.12. The molecule has 0 aliphatic carbocycles. The zero-order chi connectivity index (χ0) is 19.3. The van der Waals surface area contributed by atoms with Crippen LogP contribution in [0.5, 0.6) is 0 Å². The Balaban J connectivity index is 1.57. The Hall–Kier alpha value is -2.30. The van der Waals surface area contributed by atoms with Crippen LogP contribution < -0.4 is 14.9 Å². The molecule has 3 rings (SSSR count). The standard InChI is InChI=1S/C17H22FN5O3S/c1-13-12-16(23-8-10-26-11-9-23)22-17(21-13)19-6-7-20-27(24,25)15-5-3-2-4-14(15)18/h2-5,12,20H,6-11H2,1H3,(H,19,21,22). The van der Waals surface area contributed by atoms with Gasteiger partial charge in [-0.15, -0.1) is 0 Å². The van der Waals surface area contributed by atoms with Gasteiger partial charge in [0.1, 0.15) is 16.5 Å². The Morgan fingerprint density at radius 2 is 1.93 bits per heavy atom. The van der Waals surface area contributed by atoms with Crippen molar-refractivity contribution in [3.63, 3.8) is 0 Å². The van der Waals surface area contributed by atoms with E-state index in [1.165, 1.54) is 18.2 Å². The van der Waals surface area contributed by atoms with Crippen LogP contribution in [-0.2, 0) is 14.8 Å². The highest BCUT2D eigenvalue weighted by Gasteiger charge is 2.18. The number of sulfonamides is 1. The molecule has 1 aliphatic heterocycles. The first-order valence-corrected chi connectivity index (χ1v) is 10.1. The van der Waals surface area contributed by atoms with E-state index in [-0.39, 0.29) is 18.0 Å². The van der Waals surface area contributed by atoms with E-state index in [1.807, 2.05) is 13.0 Å². The van der Waals surface area contributed by atoms with Gasteiger partial charge in [-0.1, -0.05) is 12.1 Å². The van der Waals surface area contributed by atoms with Crippen molar-refractivity contribution in [2.24, 2.45) is 0 Å². The van der Waals surface area contributed by atoms with Crippen molar-refractivity contribution >= 4 is 21.8 Å². The average molecular weight is 395 g/mol. The molecule has 1 fully saturated rings. The summed E-state index contributed by atoms with van der Waals surface area (Å²) in [5, 5.41) is 3.00. The molecule has 0 spiro atoms. The molecule has 0 saturated carbocycles. The van der Waals surface area contributed by atoms with Gasteiger partial charge in [-0.05, 0) is 19.1 Å². The van der Waals surface area contributed by atoms with E-state index in [4.69, 9.17) is 4.74 Å². The lowest BCUT2D eigenvalue weighted by atomic mass is 10.3. The fourth-order valence-electron chi connectivity index (χ4n) is 2.69. The van der Waals surface area contributed by atoms with Gasteiger partial charge in [0, 0.05) is 37.9 Å². The number of ether oxygens (including phenoxy) is 1. The van der Waals surface area contributed by atoms with Gasteiger partial charge in [-0.25, -0.2) is 22.5 Å². The second-order valence-electron chi connectivity index (χ2n) is 6.05. The Morgan fingerprint density at radius 3 is 2.67 bits per heavy atom. The third-order valence-electron chi connectivity index (χ3n) is 4.00. The molecule has 27 heavy (non-hydrogen) atoms. The largest absolute Gasteiger partial charge is 0.378 e. The molecule has 1 saturated heterocycles. The zero-order valence-electron chi connectivity index (χ0n) is 15.0. The first-order chi connectivity index (χ1) is 13.0. The molecule has 2 aromatic rings. The minimum absolute atomic E-state index is 0.0703. The Kier molecular flexibility index (Phi) is 6.19. The van der Waals surface area contributed by atoms with Crippen LogP contribution in [-0.4, -0.2) is 57.8 Å². The van der Waals surface area contributed by atoms with Gasteiger partial charge in [-0.3, -0.25) is 0 Å². The van der Waals surface area contributed by atoms with E-state index >= 15 is 0 Å². The molecule has 0 amide bonds. The first kappa shape index (κ1) is 19.5. The summed E-state index contributed by atoms with van der Waals surface area (Å²) in [5.74, 6) is 0.442. The number of hydrogen-bond acceptors (Lipinski definition) is 7. The van der Waals surface area contributed by atoms with Crippen molar-refractivity contribution in [2.45, 2.75) is 11.8 Å². The molecule has 0 atom stereocenters. The summed E-state index contributed by atoms with van der Waals surface area (Å²) in [6.45, 7) is 5.04. The van der Waals surface area contributed by atoms with Crippen molar-refractivity contribution in [3.05, 3.63) is 41.8 Å². The van der Waals surface area contributed by atoms with Crippen LogP contribution in [0.4, 0.5) is 16.2 Å². The molecule has 8 nitrogen and oxygen atoms in total. The molecule has 2 heterocycles. The number of nitrogens with zero attached hydrogens (tertiary/aromatic N) is 3. The van der Waals surface area contributed by atoms with Crippen LogP contribution in [0.3, 0.4) is 0 Å². The van der Waals surface area contributed by atoms with Crippen LogP contribution in [0.15, 0.2) is 35.2 Å². The maximum Gasteiger partial charge on any atom is 0.243 e. The van der Waals surface area contributed by atoms with Crippen molar-refractivity contribution in [1.29, 1.82) is 0 Å².